The Bertz CT molecular complexity index is 377. The van der Waals surface area contributed by atoms with Crippen LogP contribution in [0.5, 0.6) is 11.5 Å². The van der Waals surface area contributed by atoms with E-state index in [0.29, 0.717) is 19.8 Å². The van der Waals surface area contributed by atoms with Crippen LogP contribution in [-0.2, 0) is 0 Å². The Labute approximate surface area is 95.7 Å². The molecule has 16 heavy (non-hydrogen) atoms. The molecule has 0 amide bonds. The van der Waals surface area contributed by atoms with Gasteiger partial charge >= 0.3 is 0 Å². The van der Waals surface area contributed by atoms with Crippen molar-refractivity contribution in [3.05, 3.63) is 18.2 Å². The van der Waals surface area contributed by atoms with Gasteiger partial charge in [-0.15, -0.1) is 0 Å². The van der Waals surface area contributed by atoms with Crippen LogP contribution < -0.4 is 20.5 Å². The second-order valence-electron chi connectivity index (χ2n) is 4.57. The molecule has 0 saturated carbocycles. The van der Waals surface area contributed by atoms with Crippen molar-refractivity contribution in [3.8, 4) is 11.5 Å². The first-order valence-electron chi connectivity index (χ1n) is 5.49. The van der Waals surface area contributed by atoms with Crippen LogP contribution in [0.4, 0.5) is 5.69 Å². The minimum atomic E-state index is -0.121. The van der Waals surface area contributed by atoms with E-state index in [9.17, 15) is 0 Å². The summed E-state index contributed by atoms with van der Waals surface area (Å²) in [6, 6.07) is 5.85. The Morgan fingerprint density at radius 3 is 2.62 bits per heavy atom. The van der Waals surface area contributed by atoms with Crippen molar-refractivity contribution >= 4 is 5.69 Å². The molecule has 88 valence electrons. The highest BCUT2D eigenvalue weighted by Crippen LogP contribution is 2.33. The fraction of sp³-hybridized carbons (Fsp3) is 0.500. The van der Waals surface area contributed by atoms with Gasteiger partial charge in [0.25, 0.3) is 0 Å². The molecule has 3 N–H and O–H groups in total. The molecule has 0 atom stereocenters. The SMILES string of the molecule is CC(C)(CN)Nc1ccc2c(c1)OCCO2. The molecule has 0 bridgehead atoms. The second kappa shape index (κ2) is 4.22. The summed E-state index contributed by atoms with van der Waals surface area (Å²) < 4.78 is 11.0. The number of fused-ring (bicyclic) bond motifs is 1. The normalized spacial score (nSPS) is 14.7. The van der Waals surface area contributed by atoms with Gasteiger partial charge in [0.05, 0.1) is 0 Å². The van der Waals surface area contributed by atoms with Gasteiger partial charge in [-0.3, -0.25) is 0 Å². The average molecular weight is 222 g/mol. The van der Waals surface area contributed by atoms with E-state index in [4.69, 9.17) is 15.2 Å². The predicted octanol–water partition coefficient (Wildman–Crippen LogP) is 1.61. The highest BCUT2D eigenvalue weighted by Gasteiger charge is 2.17. The first-order valence-corrected chi connectivity index (χ1v) is 5.49. The Morgan fingerprint density at radius 1 is 1.25 bits per heavy atom. The van der Waals surface area contributed by atoms with Gasteiger partial charge in [0.2, 0.25) is 0 Å². The number of nitrogens with two attached hydrogens (primary N) is 1. The summed E-state index contributed by atoms with van der Waals surface area (Å²) in [5, 5.41) is 3.36. The van der Waals surface area contributed by atoms with Gasteiger partial charge in [-0.1, -0.05) is 0 Å². The molecule has 0 radical (unpaired) electrons. The van der Waals surface area contributed by atoms with Gasteiger partial charge < -0.3 is 20.5 Å². The summed E-state index contributed by atoms with van der Waals surface area (Å²) in [7, 11) is 0. The van der Waals surface area contributed by atoms with E-state index in [1.807, 2.05) is 18.2 Å². The highest BCUT2D eigenvalue weighted by atomic mass is 16.6. The Balaban J connectivity index is 2.17. The van der Waals surface area contributed by atoms with Gasteiger partial charge in [-0.05, 0) is 26.0 Å². The summed E-state index contributed by atoms with van der Waals surface area (Å²) in [6.07, 6.45) is 0. The van der Waals surface area contributed by atoms with Gasteiger partial charge in [-0.2, -0.15) is 0 Å². The van der Waals surface area contributed by atoms with Crippen molar-refractivity contribution in [2.24, 2.45) is 5.73 Å². The summed E-state index contributed by atoms with van der Waals surface area (Å²) in [4.78, 5) is 0. The Morgan fingerprint density at radius 2 is 1.94 bits per heavy atom. The van der Waals surface area contributed by atoms with Crippen LogP contribution in [0.3, 0.4) is 0 Å². The third-order valence-corrected chi connectivity index (χ3v) is 2.54. The molecule has 0 spiro atoms. The second-order valence-corrected chi connectivity index (χ2v) is 4.57. The number of hydrogen-bond donors (Lipinski definition) is 2. The van der Waals surface area contributed by atoms with Crippen LogP contribution in [-0.4, -0.2) is 25.3 Å². The number of benzene rings is 1. The van der Waals surface area contributed by atoms with Crippen molar-refractivity contribution in [1.29, 1.82) is 0 Å². The zero-order valence-electron chi connectivity index (χ0n) is 9.75. The van der Waals surface area contributed by atoms with Gasteiger partial charge in [0.15, 0.2) is 11.5 Å². The molecule has 0 saturated heterocycles. The Kier molecular flexibility index (Phi) is 2.92. The van der Waals surface area contributed by atoms with Crippen LogP contribution in [0.25, 0.3) is 0 Å². The molecule has 0 aliphatic carbocycles. The van der Waals surface area contributed by atoms with E-state index in [1.54, 1.807) is 0 Å². The molecular weight excluding hydrogens is 204 g/mol. The summed E-state index contributed by atoms with van der Waals surface area (Å²) in [6.45, 7) is 5.92. The van der Waals surface area contributed by atoms with Crippen molar-refractivity contribution in [3.63, 3.8) is 0 Å². The summed E-state index contributed by atoms with van der Waals surface area (Å²) in [5.41, 5.74) is 6.55. The minimum absolute atomic E-state index is 0.121. The maximum absolute atomic E-state index is 5.67. The molecule has 1 aromatic carbocycles. The van der Waals surface area contributed by atoms with Crippen molar-refractivity contribution in [1.82, 2.24) is 0 Å². The predicted molar refractivity (Wildman–Crippen MR) is 64.2 cm³/mol. The molecule has 0 aromatic heterocycles. The quantitative estimate of drug-likeness (QED) is 0.815. The van der Waals surface area contributed by atoms with Crippen LogP contribution in [0.15, 0.2) is 18.2 Å². The number of ether oxygens (including phenoxy) is 2. The molecule has 0 unspecified atom stereocenters. The fourth-order valence-corrected chi connectivity index (χ4v) is 1.56. The van der Waals surface area contributed by atoms with Crippen LogP contribution >= 0.6 is 0 Å². The first-order chi connectivity index (χ1) is 7.61. The first kappa shape index (κ1) is 11.1. The standard InChI is InChI=1S/C12H18N2O2/c1-12(2,8-13)14-9-3-4-10-11(7-9)16-6-5-15-10/h3-4,7,14H,5-6,8,13H2,1-2H3. The number of nitrogens with one attached hydrogen (secondary N) is 1. The topological polar surface area (TPSA) is 56.5 Å². The maximum Gasteiger partial charge on any atom is 0.163 e. The monoisotopic (exact) mass is 222 g/mol. The lowest BCUT2D eigenvalue weighted by molar-refractivity contribution is 0.171. The average Bonchev–Trinajstić information content (AvgIpc) is 2.28. The smallest absolute Gasteiger partial charge is 0.163 e. The van der Waals surface area contributed by atoms with Crippen molar-refractivity contribution in [2.45, 2.75) is 19.4 Å². The molecule has 1 aromatic rings. The van der Waals surface area contributed by atoms with Crippen molar-refractivity contribution in [2.75, 3.05) is 25.1 Å². The molecule has 2 rings (SSSR count). The van der Waals surface area contributed by atoms with Crippen LogP contribution in [0.1, 0.15) is 13.8 Å². The lowest BCUT2D eigenvalue weighted by Gasteiger charge is -2.27. The molecule has 1 aliphatic heterocycles. The maximum atomic E-state index is 5.67. The lowest BCUT2D eigenvalue weighted by Crippen LogP contribution is -2.39. The molecule has 4 nitrogen and oxygen atoms in total. The molecule has 1 heterocycles. The number of hydrogen-bond acceptors (Lipinski definition) is 4. The van der Waals surface area contributed by atoms with E-state index >= 15 is 0 Å². The zero-order chi connectivity index (χ0) is 11.6. The van der Waals surface area contributed by atoms with Gasteiger partial charge in [0, 0.05) is 23.8 Å². The lowest BCUT2D eigenvalue weighted by atomic mass is 10.1. The summed E-state index contributed by atoms with van der Waals surface area (Å²) >= 11 is 0. The van der Waals surface area contributed by atoms with Gasteiger partial charge in [0.1, 0.15) is 13.2 Å². The fourth-order valence-electron chi connectivity index (χ4n) is 1.56. The molecule has 1 aliphatic rings. The van der Waals surface area contributed by atoms with Gasteiger partial charge in [-0.25, -0.2) is 0 Å². The number of rotatable bonds is 3. The van der Waals surface area contributed by atoms with Crippen LogP contribution in [0.2, 0.25) is 0 Å². The number of anilines is 1. The van der Waals surface area contributed by atoms with E-state index in [-0.39, 0.29) is 5.54 Å². The third-order valence-electron chi connectivity index (χ3n) is 2.54. The van der Waals surface area contributed by atoms with Crippen LogP contribution in [0, 0.1) is 0 Å². The summed E-state index contributed by atoms with van der Waals surface area (Å²) in [5.74, 6) is 1.60. The molecular formula is C12H18N2O2. The van der Waals surface area contributed by atoms with E-state index in [1.165, 1.54) is 0 Å². The van der Waals surface area contributed by atoms with E-state index in [0.717, 1.165) is 17.2 Å². The van der Waals surface area contributed by atoms with E-state index in [2.05, 4.69) is 19.2 Å². The largest absolute Gasteiger partial charge is 0.486 e. The van der Waals surface area contributed by atoms with Crippen molar-refractivity contribution < 1.29 is 9.47 Å². The zero-order valence-corrected chi connectivity index (χ0v) is 9.75. The molecule has 4 heteroatoms. The Hall–Kier alpha value is -1.42. The highest BCUT2D eigenvalue weighted by molar-refractivity contribution is 5.56. The molecule has 0 fully saturated rings. The van der Waals surface area contributed by atoms with E-state index < -0.39 is 0 Å². The third kappa shape index (κ3) is 2.39. The minimum Gasteiger partial charge on any atom is -0.486 e.